The normalized spacial score (nSPS) is 30.1. The van der Waals surface area contributed by atoms with E-state index in [2.05, 4.69) is 24.0 Å². The van der Waals surface area contributed by atoms with Crippen LogP contribution in [0.2, 0.25) is 0 Å². The molecule has 0 amide bonds. The molecule has 1 saturated heterocycles. The Morgan fingerprint density at radius 3 is 2.48 bits per heavy atom. The van der Waals surface area contributed by atoms with Crippen molar-refractivity contribution in [1.29, 1.82) is 0 Å². The van der Waals surface area contributed by atoms with Gasteiger partial charge >= 0.3 is 5.97 Å². The van der Waals surface area contributed by atoms with E-state index in [4.69, 9.17) is 4.74 Å². The molecule has 1 heterocycles. The number of carbonyl (C=O) groups is 1. The molecule has 0 bridgehead atoms. The van der Waals surface area contributed by atoms with E-state index in [-0.39, 0.29) is 5.97 Å². The summed E-state index contributed by atoms with van der Waals surface area (Å²) in [5.74, 6) is 0.135. The Labute approximate surface area is 140 Å². The molecule has 2 aliphatic rings. The lowest BCUT2D eigenvalue weighted by Gasteiger charge is -2.48. The summed E-state index contributed by atoms with van der Waals surface area (Å²) in [6.45, 7) is 5.82. The van der Waals surface area contributed by atoms with Gasteiger partial charge in [-0.1, -0.05) is 56.5 Å². The highest BCUT2D eigenvalue weighted by atomic mass is 16.6. The number of rotatable bonds is 3. The number of carbonyl (C=O) groups excluding carboxylic acids is 1. The van der Waals surface area contributed by atoms with E-state index in [0.717, 1.165) is 31.1 Å². The maximum absolute atomic E-state index is 11.8. The molecule has 3 nitrogen and oxygen atoms in total. The van der Waals surface area contributed by atoms with Crippen molar-refractivity contribution in [3.63, 3.8) is 0 Å². The highest BCUT2D eigenvalue weighted by Gasteiger charge is 2.46. The number of hydrogen-bond acceptors (Lipinski definition) is 3. The van der Waals surface area contributed by atoms with Crippen LogP contribution >= 0.6 is 0 Å². The molecule has 0 N–H and O–H groups in total. The number of esters is 1. The number of ether oxygens (including phenoxy) is 1. The molecule has 0 spiro atoms. The van der Waals surface area contributed by atoms with Crippen molar-refractivity contribution in [3.05, 3.63) is 35.9 Å². The van der Waals surface area contributed by atoms with Gasteiger partial charge in [0.15, 0.2) is 0 Å². The Morgan fingerprint density at radius 1 is 1.17 bits per heavy atom. The Kier molecular flexibility index (Phi) is 5.05. The van der Waals surface area contributed by atoms with Crippen LogP contribution in [0.1, 0.15) is 57.9 Å². The maximum Gasteiger partial charge on any atom is 0.303 e. The minimum Gasteiger partial charge on any atom is -0.454 e. The third kappa shape index (κ3) is 3.45. The quantitative estimate of drug-likeness (QED) is 0.786. The number of benzene rings is 1. The summed E-state index contributed by atoms with van der Waals surface area (Å²) in [6, 6.07) is 11.1. The first kappa shape index (κ1) is 16.5. The van der Waals surface area contributed by atoms with E-state index in [1.807, 2.05) is 18.2 Å². The predicted octanol–water partition coefficient (Wildman–Crippen LogP) is 4.12. The van der Waals surface area contributed by atoms with Crippen molar-refractivity contribution in [1.82, 2.24) is 4.90 Å². The summed E-state index contributed by atoms with van der Waals surface area (Å²) in [7, 11) is 0. The first-order valence-corrected chi connectivity index (χ1v) is 9.11. The molecule has 0 radical (unpaired) electrons. The van der Waals surface area contributed by atoms with Crippen molar-refractivity contribution in [2.24, 2.45) is 5.92 Å². The molecule has 0 aromatic heterocycles. The fourth-order valence-corrected chi connectivity index (χ4v) is 4.54. The average Bonchev–Trinajstić information content (AvgIpc) is 2.58. The van der Waals surface area contributed by atoms with Crippen molar-refractivity contribution in [3.8, 4) is 0 Å². The topological polar surface area (TPSA) is 29.5 Å². The minimum absolute atomic E-state index is 0.174. The lowest BCUT2D eigenvalue weighted by Crippen LogP contribution is -2.54. The van der Waals surface area contributed by atoms with Gasteiger partial charge in [-0.3, -0.25) is 9.69 Å². The van der Waals surface area contributed by atoms with Gasteiger partial charge in [-0.25, -0.2) is 0 Å². The fraction of sp³-hybridized carbons (Fsp3) is 0.650. The van der Waals surface area contributed by atoms with Crippen LogP contribution in [-0.4, -0.2) is 30.0 Å². The first-order valence-electron chi connectivity index (χ1n) is 9.11. The van der Waals surface area contributed by atoms with Crippen LogP contribution in [-0.2, 0) is 15.1 Å². The number of piperidine rings is 1. The van der Waals surface area contributed by atoms with E-state index in [0.29, 0.717) is 5.92 Å². The van der Waals surface area contributed by atoms with Crippen LogP contribution in [0.15, 0.2) is 30.3 Å². The predicted molar refractivity (Wildman–Crippen MR) is 92.1 cm³/mol. The third-order valence-electron chi connectivity index (χ3n) is 5.75. The molecule has 0 unspecified atom stereocenters. The number of likely N-dealkylation sites (tertiary alicyclic amines) is 1. The molecule has 2 atom stereocenters. The van der Waals surface area contributed by atoms with E-state index in [1.165, 1.54) is 39.0 Å². The first-order chi connectivity index (χ1) is 11.1. The monoisotopic (exact) mass is 315 g/mol. The zero-order valence-electron chi connectivity index (χ0n) is 14.5. The highest BCUT2D eigenvalue weighted by molar-refractivity contribution is 5.67. The Hall–Kier alpha value is -1.35. The van der Waals surface area contributed by atoms with Gasteiger partial charge in [0.05, 0.1) is 0 Å². The molecule has 3 heteroatoms. The molecule has 1 aliphatic carbocycles. The largest absolute Gasteiger partial charge is 0.454 e. The van der Waals surface area contributed by atoms with Gasteiger partial charge in [-0.2, -0.15) is 0 Å². The van der Waals surface area contributed by atoms with E-state index in [1.54, 1.807) is 0 Å². The fourth-order valence-electron chi connectivity index (χ4n) is 4.54. The van der Waals surface area contributed by atoms with Crippen LogP contribution in [0, 0.1) is 5.92 Å². The van der Waals surface area contributed by atoms with Crippen molar-refractivity contribution in [2.45, 2.75) is 64.0 Å². The Morgan fingerprint density at radius 2 is 1.87 bits per heavy atom. The van der Waals surface area contributed by atoms with E-state index < -0.39 is 5.60 Å². The van der Waals surface area contributed by atoms with Crippen LogP contribution in [0.4, 0.5) is 0 Å². The molecular formula is C20H29NO2. The van der Waals surface area contributed by atoms with Crippen molar-refractivity contribution >= 4 is 5.97 Å². The van der Waals surface area contributed by atoms with Crippen molar-refractivity contribution < 1.29 is 9.53 Å². The lowest BCUT2D eigenvalue weighted by molar-refractivity contribution is -0.174. The second kappa shape index (κ2) is 7.04. The van der Waals surface area contributed by atoms with Gasteiger partial charge in [0.25, 0.3) is 0 Å². The van der Waals surface area contributed by atoms with Gasteiger partial charge in [0.2, 0.25) is 0 Å². The van der Waals surface area contributed by atoms with Crippen LogP contribution < -0.4 is 0 Å². The number of nitrogens with zero attached hydrogens (tertiary/aromatic N) is 1. The molecule has 2 fully saturated rings. The van der Waals surface area contributed by atoms with Gasteiger partial charge in [0, 0.05) is 38.4 Å². The average molecular weight is 315 g/mol. The maximum atomic E-state index is 11.8. The molecule has 3 rings (SSSR count). The molecule has 1 aromatic rings. The molecule has 23 heavy (non-hydrogen) atoms. The van der Waals surface area contributed by atoms with Gasteiger partial charge in [-0.05, 0) is 18.4 Å². The molecule has 1 aliphatic heterocycles. The Bertz CT molecular complexity index is 524. The lowest BCUT2D eigenvalue weighted by atomic mass is 9.75. The van der Waals surface area contributed by atoms with Gasteiger partial charge < -0.3 is 4.74 Å². The third-order valence-corrected chi connectivity index (χ3v) is 5.75. The van der Waals surface area contributed by atoms with Crippen molar-refractivity contribution in [2.75, 3.05) is 13.1 Å². The van der Waals surface area contributed by atoms with Gasteiger partial charge in [0.1, 0.15) is 5.60 Å². The molecule has 126 valence electrons. The second-order valence-electron chi connectivity index (χ2n) is 7.29. The summed E-state index contributed by atoms with van der Waals surface area (Å²) < 4.78 is 5.95. The Balaban J connectivity index is 1.80. The standard InChI is InChI=1S/C20H29NO2/c1-16-15-21(19-11-7-4-8-12-19)14-13-20(16,23-17(2)22)18-9-5-3-6-10-18/h3,5-6,9-10,16,19H,4,7-8,11-15H2,1-2H3/t16-,20+/m0/s1. The van der Waals surface area contributed by atoms with Crippen LogP contribution in [0.5, 0.6) is 0 Å². The van der Waals surface area contributed by atoms with Crippen LogP contribution in [0.25, 0.3) is 0 Å². The number of hydrogen-bond donors (Lipinski definition) is 0. The molecular weight excluding hydrogens is 286 g/mol. The smallest absolute Gasteiger partial charge is 0.303 e. The summed E-state index contributed by atoms with van der Waals surface area (Å²) in [4.78, 5) is 14.4. The zero-order chi connectivity index (χ0) is 16.3. The minimum atomic E-state index is -0.460. The zero-order valence-corrected chi connectivity index (χ0v) is 14.5. The summed E-state index contributed by atoms with van der Waals surface area (Å²) >= 11 is 0. The highest BCUT2D eigenvalue weighted by Crippen LogP contribution is 2.42. The van der Waals surface area contributed by atoms with Gasteiger partial charge in [-0.15, -0.1) is 0 Å². The SMILES string of the molecule is CC(=O)O[C@]1(c2ccccc2)CCN(C2CCCCC2)C[C@@H]1C. The second-order valence-corrected chi connectivity index (χ2v) is 7.29. The summed E-state index contributed by atoms with van der Waals surface area (Å²) in [5, 5.41) is 0. The summed E-state index contributed by atoms with van der Waals surface area (Å²) in [6.07, 6.45) is 7.68. The van der Waals surface area contributed by atoms with E-state index >= 15 is 0 Å². The van der Waals surface area contributed by atoms with E-state index in [9.17, 15) is 4.79 Å². The molecule has 1 saturated carbocycles. The molecule has 1 aromatic carbocycles. The van der Waals surface area contributed by atoms with Crippen LogP contribution in [0.3, 0.4) is 0 Å². The summed E-state index contributed by atoms with van der Waals surface area (Å²) in [5.41, 5.74) is 0.684.